The predicted molar refractivity (Wildman–Crippen MR) is 118 cm³/mol. The second-order valence-electron chi connectivity index (χ2n) is 8.03. The molecule has 152 valence electrons. The van der Waals surface area contributed by atoms with Crippen LogP contribution in [0.1, 0.15) is 27.2 Å². The van der Waals surface area contributed by atoms with E-state index in [1.165, 1.54) is 0 Å². The number of hydrogen-bond acceptors (Lipinski definition) is 7. The molecule has 8 nitrogen and oxygen atoms in total. The van der Waals surface area contributed by atoms with Crippen LogP contribution in [0, 0.1) is 0 Å². The standard InChI is InChI=1S/C18H24IN5O3S/c1-18(2,3)27-17(25)22-6-5-14-13(10-22)23(8-9-26-14)15-12-4-7-24(28-19)16(12)21-11-20-15/h4,7,11,13-14H,5-6,8-10H2,1-3H3/t13-,14+/m1/s1. The molecule has 0 saturated carbocycles. The summed E-state index contributed by atoms with van der Waals surface area (Å²) >= 11 is 2.24. The molecule has 10 heteroatoms. The average Bonchev–Trinajstić information content (AvgIpc) is 3.09. The lowest BCUT2D eigenvalue weighted by Crippen LogP contribution is -2.61. The zero-order valence-corrected chi connectivity index (χ0v) is 19.1. The van der Waals surface area contributed by atoms with E-state index in [1.807, 2.05) is 30.9 Å². The molecule has 0 radical (unpaired) electrons. The van der Waals surface area contributed by atoms with Gasteiger partial charge in [0.15, 0.2) is 5.65 Å². The van der Waals surface area contributed by atoms with E-state index in [-0.39, 0.29) is 18.2 Å². The second kappa shape index (κ2) is 7.86. The maximum Gasteiger partial charge on any atom is 0.410 e. The fourth-order valence-electron chi connectivity index (χ4n) is 3.83. The number of piperidine rings is 1. The summed E-state index contributed by atoms with van der Waals surface area (Å²) in [5, 5.41) is 1.02. The highest BCUT2D eigenvalue weighted by Crippen LogP contribution is 2.33. The first-order valence-corrected chi connectivity index (χ1v) is 12.7. The quantitative estimate of drug-likeness (QED) is 0.565. The van der Waals surface area contributed by atoms with Crippen LogP contribution in [0.3, 0.4) is 0 Å². The Morgan fingerprint density at radius 3 is 2.93 bits per heavy atom. The van der Waals surface area contributed by atoms with Crippen molar-refractivity contribution in [3.63, 3.8) is 0 Å². The summed E-state index contributed by atoms with van der Waals surface area (Å²) in [6.45, 7) is 8.26. The van der Waals surface area contributed by atoms with E-state index in [1.54, 1.807) is 20.3 Å². The van der Waals surface area contributed by atoms with Crippen LogP contribution < -0.4 is 4.90 Å². The van der Waals surface area contributed by atoms with E-state index in [0.717, 1.165) is 29.8 Å². The molecule has 4 rings (SSSR count). The Morgan fingerprint density at radius 1 is 1.36 bits per heavy atom. The van der Waals surface area contributed by atoms with Gasteiger partial charge in [0.05, 0.1) is 24.1 Å². The molecule has 4 heterocycles. The lowest BCUT2D eigenvalue weighted by atomic mass is 9.98. The highest BCUT2D eigenvalue weighted by molar-refractivity contribution is 14.2. The Bertz CT molecular complexity index is 871. The lowest BCUT2D eigenvalue weighted by Gasteiger charge is -2.47. The first-order chi connectivity index (χ1) is 13.4. The molecule has 2 fully saturated rings. The van der Waals surface area contributed by atoms with E-state index >= 15 is 0 Å². The highest BCUT2D eigenvalue weighted by Gasteiger charge is 2.40. The van der Waals surface area contributed by atoms with Gasteiger partial charge in [-0.25, -0.2) is 14.8 Å². The van der Waals surface area contributed by atoms with Crippen molar-refractivity contribution >= 4 is 53.3 Å². The van der Waals surface area contributed by atoms with Crippen molar-refractivity contribution in [3.05, 3.63) is 18.6 Å². The van der Waals surface area contributed by atoms with Gasteiger partial charge < -0.3 is 19.3 Å². The zero-order valence-electron chi connectivity index (χ0n) is 16.2. The van der Waals surface area contributed by atoms with E-state index in [9.17, 15) is 4.79 Å². The van der Waals surface area contributed by atoms with Gasteiger partial charge in [-0.1, -0.05) is 0 Å². The van der Waals surface area contributed by atoms with Crippen LogP contribution in [0.5, 0.6) is 0 Å². The Balaban J connectivity index is 1.61. The number of ether oxygens (including phenoxy) is 2. The number of rotatable bonds is 2. The molecule has 0 unspecified atom stereocenters. The van der Waals surface area contributed by atoms with Gasteiger partial charge in [0.1, 0.15) is 17.7 Å². The topological polar surface area (TPSA) is 72.7 Å². The minimum atomic E-state index is -0.504. The second-order valence-corrected chi connectivity index (χ2v) is 9.74. The van der Waals surface area contributed by atoms with Gasteiger partial charge in [0.25, 0.3) is 0 Å². The van der Waals surface area contributed by atoms with E-state index in [0.29, 0.717) is 19.7 Å². The number of carbonyl (C=O) groups is 1. The molecule has 2 atom stereocenters. The molecular formula is C18H24IN5O3S. The van der Waals surface area contributed by atoms with E-state index in [4.69, 9.17) is 9.47 Å². The fourth-order valence-corrected chi connectivity index (χ4v) is 5.10. The van der Waals surface area contributed by atoms with Crippen molar-refractivity contribution in [2.75, 3.05) is 31.1 Å². The van der Waals surface area contributed by atoms with Crippen LogP contribution in [-0.2, 0) is 9.47 Å². The molecule has 2 aromatic heterocycles. The Morgan fingerprint density at radius 2 is 2.18 bits per heavy atom. The third-order valence-corrected chi connectivity index (χ3v) is 6.73. The fraction of sp³-hybridized carbons (Fsp3) is 0.611. The van der Waals surface area contributed by atoms with Crippen molar-refractivity contribution in [2.24, 2.45) is 0 Å². The van der Waals surface area contributed by atoms with Crippen LogP contribution in [-0.4, -0.2) is 68.9 Å². The Hall–Kier alpha value is -1.27. The molecule has 2 aromatic rings. The summed E-state index contributed by atoms with van der Waals surface area (Å²) in [4.78, 5) is 25.7. The van der Waals surface area contributed by atoms with Gasteiger partial charge >= 0.3 is 6.09 Å². The van der Waals surface area contributed by atoms with Crippen LogP contribution in [0.25, 0.3) is 11.0 Å². The molecule has 2 aliphatic rings. The number of morpholine rings is 1. The van der Waals surface area contributed by atoms with Crippen LogP contribution in [0.2, 0.25) is 0 Å². The number of fused-ring (bicyclic) bond motifs is 2. The molecule has 0 N–H and O–H groups in total. The van der Waals surface area contributed by atoms with Crippen molar-refractivity contribution in [1.82, 2.24) is 18.8 Å². The molecule has 2 saturated heterocycles. The number of carbonyl (C=O) groups excluding carboxylic acids is 1. The van der Waals surface area contributed by atoms with Crippen molar-refractivity contribution in [1.29, 1.82) is 0 Å². The number of amides is 1. The molecule has 0 aromatic carbocycles. The summed E-state index contributed by atoms with van der Waals surface area (Å²) in [6.07, 6.45) is 4.22. The SMILES string of the molecule is CC(C)(C)OC(=O)N1CC[C@@H]2OCCN(c3ncnc4c3ccn4SI)[C@@H]2C1. The smallest absolute Gasteiger partial charge is 0.410 e. The van der Waals surface area contributed by atoms with Crippen LogP contribution in [0.15, 0.2) is 18.6 Å². The monoisotopic (exact) mass is 517 g/mol. The van der Waals surface area contributed by atoms with Gasteiger partial charge in [-0.05, 0) is 33.3 Å². The number of anilines is 1. The highest BCUT2D eigenvalue weighted by atomic mass is 127. The molecule has 0 spiro atoms. The molecule has 0 bridgehead atoms. The van der Waals surface area contributed by atoms with Crippen molar-refractivity contribution < 1.29 is 14.3 Å². The van der Waals surface area contributed by atoms with E-state index < -0.39 is 5.60 Å². The van der Waals surface area contributed by atoms with Crippen LogP contribution >= 0.6 is 30.3 Å². The molecule has 0 aliphatic carbocycles. The van der Waals surface area contributed by atoms with Crippen molar-refractivity contribution in [2.45, 2.75) is 44.9 Å². The molecular weight excluding hydrogens is 493 g/mol. The van der Waals surface area contributed by atoms with Gasteiger partial charge in [-0.3, -0.25) is 3.97 Å². The third kappa shape index (κ3) is 3.90. The summed E-state index contributed by atoms with van der Waals surface area (Å²) in [7, 11) is 1.58. The lowest BCUT2D eigenvalue weighted by molar-refractivity contribution is -0.0370. The van der Waals surface area contributed by atoms with Gasteiger partial charge in [0, 0.05) is 56.2 Å². The number of aromatic nitrogens is 3. The largest absolute Gasteiger partial charge is 0.444 e. The maximum atomic E-state index is 12.6. The number of likely N-dealkylation sites (tertiary alicyclic amines) is 1. The summed E-state index contributed by atoms with van der Waals surface area (Å²) in [5.74, 6) is 0.901. The van der Waals surface area contributed by atoms with E-state index in [2.05, 4.69) is 42.1 Å². The average molecular weight is 517 g/mol. The normalized spacial score (nSPS) is 23.0. The first kappa shape index (κ1) is 20.0. The summed E-state index contributed by atoms with van der Waals surface area (Å²) < 4.78 is 13.6. The van der Waals surface area contributed by atoms with Gasteiger partial charge in [-0.2, -0.15) is 0 Å². The number of halogens is 1. The first-order valence-electron chi connectivity index (χ1n) is 9.34. The predicted octanol–water partition coefficient (Wildman–Crippen LogP) is 3.49. The molecule has 2 aliphatic heterocycles. The zero-order chi connectivity index (χ0) is 19.9. The minimum Gasteiger partial charge on any atom is -0.444 e. The van der Waals surface area contributed by atoms with Crippen molar-refractivity contribution in [3.8, 4) is 0 Å². The molecule has 1 amide bonds. The van der Waals surface area contributed by atoms with Crippen LogP contribution in [0.4, 0.5) is 10.6 Å². The van der Waals surface area contributed by atoms with Gasteiger partial charge in [-0.15, -0.1) is 0 Å². The summed E-state index contributed by atoms with van der Waals surface area (Å²) in [5.41, 5.74) is 0.391. The Labute approximate surface area is 180 Å². The third-order valence-electron chi connectivity index (χ3n) is 5.01. The molecule has 28 heavy (non-hydrogen) atoms. The number of nitrogens with zero attached hydrogens (tertiary/aromatic N) is 5. The van der Waals surface area contributed by atoms with Gasteiger partial charge in [0.2, 0.25) is 0 Å². The maximum absolute atomic E-state index is 12.6. The minimum absolute atomic E-state index is 0.0451. The Kier molecular flexibility index (Phi) is 5.62. The number of hydrogen-bond donors (Lipinski definition) is 0. The summed E-state index contributed by atoms with van der Waals surface area (Å²) in [6, 6.07) is 2.10.